The number of methoxy groups -OCH3 is 1. The molecule has 76 valence electrons. The topological polar surface area (TPSA) is 47.3 Å². The van der Waals surface area contributed by atoms with Crippen LogP contribution in [0.25, 0.3) is 0 Å². The molecule has 0 bridgehead atoms. The smallest absolute Gasteiger partial charge is 0.121 e. The van der Waals surface area contributed by atoms with Crippen molar-refractivity contribution in [1.82, 2.24) is 0 Å². The van der Waals surface area contributed by atoms with Gasteiger partial charge in [-0.2, -0.15) is 0 Å². The number of ether oxygens (including phenoxy) is 1. The maximum atomic E-state index is 5.83. The molecule has 0 aromatic heterocycles. The normalized spacial score (nSPS) is 15.2. The molecular weight excluding hydrogens is 176 g/mol. The van der Waals surface area contributed by atoms with Gasteiger partial charge in [0.25, 0.3) is 0 Å². The lowest BCUT2D eigenvalue weighted by Gasteiger charge is -2.10. The highest BCUT2D eigenvalue weighted by Gasteiger charge is 2.20. The summed E-state index contributed by atoms with van der Waals surface area (Å²) >= 11 is 0. The van der Waals surface area contributed by atoms with Crippen LogP contribution in [-0.2, 0) is 0 Å². The molecule has 1 fully saturated rings. The quantitative estimate of drug-likeness (QED) is 0.718. The first kappa shape index (κ1) is 9.19. The predicted molar refractivity (Wildman–Crippen MR) is 58.6 cm³/mol. The Morgan fingerprint density at radius 2 is 2.29 bits per heavy atom. The number of nitrogens with two attached hydrogens (primary N) is 1. The van der Waals surface area contributed by atoms with Crippen molar-refractivity contribution in [2.24, 2.45) is 5.92 Å². The Morgan fingerprint density at radius 1 is 1.50 bits per heavy atom. The molecule has 14 heavy (non-hydrogen) atoms. The van der Waals surface area contributed by atoms with E-state index in [1.165, 1.54) is 12.8 Å². The van der Waals surface area contributed by atoms with Gasteiger partial charge in [0.2, 0.25) is 0 Å². The van der Waals surface area contributed by atoms with E-state index in [4.69, 9.17) is 10.5 Å². The summed E-state index contributed by atoms with van der Waals surface area (Å²) in [7, 11) is 1.66. The molecule has 0 saturated heterocycles. The van der Waals surface area contributed by atoms with E-state index in [9.17, 15) is 0 Å². The average Bonchev–Trinajstić information content (AvgIpc) is 3.00. The summed E-state index contributed by atoms with van der Waals surface area (Å²) in [6, 6.07) is 5.68. The number of nitrogen functional groups attached to an aromatic ring is 1. The van der Waals surface area contributed by atoms with Crippen LogP contribution < -0.4 is 15.8 Å². The summed E-state index contributed by atoms with van der Waals surface area (Å²) in [6.45, 7) is 1.03. The summed E-state index contributed by atoms with van der Waals surface area (Å²) in [5.74, 6) is 1.69. The molecule has 1 aliphatic rings. The van der Waals surface area contributed by atoms with Crippen molar-refractivity contribution in [3.63, 3.8) is 0 Å². The highest BCUT2D eigenvalue weighted by Crippen LogP contribution is 2.31. The monoisotopic (exact) mass is 192 g/mol. The molecule has 0 spiro atoms. The largest absolute Gasteiger partial charge is 0.497 e. The van der Waals surface area contributed by atoms with E-state index in [1.54, 1.807) is 7.11 Å². The molecule has 1 aromatic rings. The Bertz CT molecular complexity index is 321. The molecular formula is C11H16N2O. The first-order chi connectivity index (χ1) is 6.79. The van der Waals surface area contributed by atoms with Crippen molar-refractivity contribution in [3.8, 4) is 5.75 Å². The van der Waals surface area contributed by atoms with Crippen LogP contribution in [0.3, 0.4) is 0 Å². The third-order valence-electron chi connectivity index (χ3n) is 2.54. The Labute approximate surface area is 84.3 Å². The zero-order chi connectivity index (χ0) is 9.97. The number of hydrogen-bond acceptors (Lipinski definition) is 3. The lowest BCUT2D eigenvalue weighted by molar-refractivity contribution is 0.415. The minimum absolute atomic E-state index is 0.784. The van der Waals surface area contributed by atoms with E-state index in [2.05, 4.69) is 5.32 Å². The fourth-order valence-corrected chi connectivity index (χ4v) is 1.39. The van der Waals surface area contributed by atoms with Gasteiger partial charge < -0.3 is 15.8 Å². The van der Waals surface area contributed by atoms with Gasteiger partial charge in [-0.25, -0.2) is 0 Å². The summed E-state index contributed by atoms with van der Waals surface area (Å²) < 4.78 is 5.14. The fraction of sp³-hybridized carbons (Fsp3) is 0.455. The standard InChI is InChI=1S/C11H16N2O/c1-14-9-4-5-10(12)11(6-9)13-7-8-2-3-8/h4-6,8,13H,2-3,7,12H2,1H3. The molecule has 3 N–H and O–H groups in total. The first-order valence-electron chi connectivity index (χ1n) is 4.97. The SMILES string of the molecule is COc1ccc(N)c(NCC2CC2)c1. The Hall–Kier alpha value is -1.38. The summed E-state index contributed by atoms with van der Waals surface area (Å²) in [4.78, 5) is 0. The molecule has 0 heterocycles. The Morgan fingerprint density at radius 3 is 2.93 bits per heavy atom. The van der Waals surface area contributed by atoms with E-state index >= 15 is 0 Å². The van der Waals surface area contributed by atoms with Gasteiger partial charge >= 0.3 is 0 Å². The van der Waals surface area contributed by atoms with E-state index in [0.717, 1.165) is 29.6 Å². The van der Waals surface area contributed by atoms with Crippen molar-refractivity contribution in [1.29, 1.82) is 0 Å². The second kappa shape index (κ2) is 3.78. The average molecular weight is 192 g/mol. The van der Waals surface area contributed by atoms with E-state index < -0.39 is 0 Å². The van der Waals surface area contributed by atoms with Gasteiger partial charge in [0.05, 0.1) is 18.5 Å². The van der Waals surface area contributed by atoms with Crippen molar-refractivity contribution < 1.29 is 4.74 Å². The van der Waals surface area contributed by atoms with Crippen LogP contribution >= 0.6 is 0 Å². The third-order valence-corrected chi connectivity index (χ3v) is 2.54. The molecule has 0 aliphatic heterocycles. The molecule has 0 atom stereocenters. The van der Waals surface area contributed by atoms with Crippen LogP contribution in [0.2, 0.25) is 0 Å². The number of anilines is 2. The second-order valence-corrected chi connectivity index (χ2v) is 3.78. The van der Waals surface area contributed by atoms with Crippen molar-refractivity contribution in [2.45, 2.75) is 12.8 Å². The van der Waals surface area contributed by atoms with Gasteiger partial charge in [0.1, 0.15) is 5.75 Å². The van der Waals surface area contributed by atoms with Crippen LogP contribution in [0.5, 0.6) is 5.75 Å². The number of rotatable bonds is 4. The first-order valence-corrected chi connectivity index (χ1v) is 4.97. The number of benzene rings is 1. The molecule has 1 aliphatic carbocycles. The minimum Gasteiger partial charge on any atom is -0.497 e. The van der Waals surface area contributed by atoms with Crippen molar-refractivity contribution in [2.75, 3.05) is 24.7 Å². The number of nitrogens with one attached hydrogen (secondary N) is 1. The van der Waals surface area contributed by atoms with Gasteiger partial charge in [-0.3, -0.25) is 0 Å². The van der Waals surface area contributed by atoms with Gasteiger partial charge in [-0.1, -0.05) is 0 Å². The van der Waals surface area contributed by atoms with Crippen LogP contribution in [0.15, 0.2) is 18.2 Å². The van der Waals surface area contributed by atoms with Crippen LogP contribution in [0, 0.1) is 5.92 Å². The Kier molecular flexibility index (Phi) is 2.48. The highest BCUT2D eigenvalue weighted by molar-refractivity contribution is 5.68. The van der Waals surface area contributed by atoms with E-state index in [-0.39, 0.29) is 0 Å². The predicted octanol–water partition coefficient (Wildman–Crippen LogP) is 2.10. The van der Waals surface area contributed by atoms with E-state index in [1.807, 2.05) is 18.2 Å². The molecule has 0 amide bonds. The third kappa shape index (κ3) is 2.10. The minimum atomic E-state index is 0.784. The Balaban J connectivity index is 2.04. The van der Waals surface area contributed by atoms with Gasteiger partial charge in [-0.05, 0) is 30.9 Å². The van der Waals surface area contributed by atoms with Crippen LogP contribution in [0.4, 0.5) is 11.4 Å². The summed E-state index contributed by atoms with van der Waals surface area (Å²) in [5, 5.41) is 3.34. The highest BCUT2D eigenvalue weighted by atomic mass is 16.5. The molecule has 1 saturated carbocycles. The maximum Gasteiger partial charge on any atom is 0.121 e. The van der Waals surface area contributed by atoms with Gasteiger partial charge in [-0.15, -0.1) is 0 Å². The zero-order valence-electron chi connectivity index (χ0n) is 8.42. The summed E-state index contributed by atoms with van der Waals surface area (Å²) in [6.07, 6.45) is 2.69. The summed E-state index contributed by atoms with van der Waals surface area (Å²) in [5.41, 5.74) is 7.60. The van der Waals surface area contributed by atoms with Gasteiger partial charge in [0, 0.05) is 12.6 Å². The van der Waals surface area contributed by atoms with Crippen molar-refractivity contribution >= 4 is 11.4 Å². The fourth-order valence-electron chi connectivity index (χ4n) is 1.39. The lowest BCUT2D eigenvalue weighted by Crippen LogP contribution is -2.05. The van der Waals surface area contributed by atoms with E-state index in [0.29, 0.717) is 0 Å². The maximum absolute atomic E-state index is 5.83. The molecule has 0 radical (unpaired) electrons. The number of hydrogen-bond donors (Lipinski definition) is 2. The molecule has 3 heteroatoms. The molecule has 0 unspecified atom stereocenters. The molecule has 1 aromatic carbocycles. The van der Waals surface area contributed by atoms with Crippen LogP contribution in [-0.4, -0.2) is 13.7 Å². The second-order valence-electron chi connectivity index (χ2n) is 3.78. The molecule has 2 rings (SSSR count). The lowest BCUT2D eigenvalue weighted by atomic mass is 10.2. The zero-order valence-corrected chi connectivity index (χ0v) is 8.42. The molecule has 3 nitrogen and oxygen atoms in total. The van der Waals surface area contributed by atoms with Gasteiger partial charge in [0.15, 0.2) is 0 Å². The van der Waals surface area contributed by atoms with Crippen molar-refractivity contribution in [3.05, 3.63) is 18.2 Å². The van der Waals surface area contributed by atoms with Crippen LogP contribution in [0.1, 0.15) is 12.8 Å².